The Bertz CT molecular complexity index is 495. The summed E-state index contributed by atoms with van der Waals surface area (Å²) in [6, 6.07) is 8.24. The van der Waals surface area contributed by atoms with Gasteiger partial charge in [0.15, 0.2) is 0 Å². The van der Waals surface area contributed by atoms with E-state index in [-0.39, 0.29) is 0 Å². The fourth-order valence-electron chi connectivity index (χ4n) is 1.60. The van der Waals surface area contributed by atoms with Gasteiger partial charge in [0, 0.05) is 24.6 Å². The van der Waals surface area contributed by atoms with Crippen LogP contribution in [0.3, 0.4) is 0 Å². The van der Waals surface area contributed by atoms with Crippen LogP contribution >= 0.6 is 15.9 Å². The zero-order valence-corrected chi connectivity index (χ0v) is 11.8. The van der Waals surface area contributed by atoms with Crippen LogP contribution in [0.5, 0.6) is 0 Å². The van der Waals surface area contributed by atoms with Gasteiger partial charge in [-0.2, -0.15) is 0 Å². The second-order valence-corrected chi connectivity index (χ2v) is 4.97. The number of hydrogen-bond acceptors (Lipinski definition) is 4. The summed E-state index contributed by atoms with van der Waals surface area (Å²) >= 11 is 3.42. The molecule has 0 fully saturated rings. The summed E-state index contributed by atoms with van der Waals surface area (Å²) in [7, 11) is 1.99. The van der Waals surface area contributed by atoms with Crippen LogP contribution in [0.15, 0.2) is 41.1 Å². The summed E-state index contributed by atoms with van der Waals surface area (Å²) in [5.74, 6) is 0.843. The number of nitrogens with two attached hydrogens (primary N) is 1. The smallest absolute Gasteiger partial charge is 0.147 e. The highest BCUT2D eigenvalue weighted by Gasteiger charge is 2.04. The van der Waals surface area contributed by atoms with E-state index in [1.807, 2.05) is 19.2 Å². The lowest BCUT2D eigenvalue weighted by atomic mass is 10.2. The van der Waals surface area contributed by atoms with Gasteiger partial charge in [-0.3, -0.25) is 4.98 Å². The summed E-state index contributed by atoms with van der Waals surface area (Å²) in [6.07, 6.45) is 3.47. The molecule has 94 valence electrons. The van der Waals surface area contributed by atoms with E-state index in [4.69, 9.17) is 5.73 Å². The van der Waals surface area contributed by atoms with Gasteiger partial charge in [-0.1, -0.05) is 28.1 Å². The third kappa shape index (κ3) is 3.27. The maximum absolute atomic E-state index is 5.49. The second-order valence-electron chi connectivity index (χ2n) is 4.05. The molecule has 0 aliphatic rings. The Kier molecular flexibility index (Phi) is 4.28. The molecular formula is C13H15BrN4. The van der Waals surface area contributed by atoms with Crippen LogP contribution in [-0.4, -0.2) is 17.0 Å². The molecular weight excluding hydrogens is 292 g/mol. The minimum atomic E-state index is 0.420. The van der Waals surface area contributed by atoms with Gasteiger partial charge in [0.2, 0.25) is 0 Å². The van der Waals surface area contributed by atoms with Gasteiger partial charge < -0.3 is 10.6 Å². The molecule has 1 aromatic heterocycles. The van der Waals surface area contributed by atoms with Gasteiger partial charge in [0.05, 0.1) is 18.1 Å². The van der Waals surface area contributed by atoms with Gasteiger partial charge in [0.25, 0.3) is 0 Å². The molecule has 2 N–H and O–H groups in total. The summed E-state index contributed by atoms with van der Waals surface area (Å²) < 4.78 is 1.08. The van der Waals surface area contributed by atoms with E-state index in [1.165, 1.54) is 5.56 Å². The number of benzene rings is 1. The Labute approximate surface area is 115 Å². The van der Waals surface area contributed by atoms with E-state index in [2.05, 4.69) is 42.9 Å². The molecule has 5 heteroatoms. The first kappa shape index (κ1) is 13.0. The lowest BCUT2D eigenvalue weighted by Gasteiger charge is -2.17. The first-order chi connectivity index (χ1) is 8.69. The van der Waals surface area contributed by atoms with Gasteiger partial charge in [-0.15, -0.1) is 0 Å². The number of anilines is 1. The number of nitrogens with zero attached hydrogens (tertiary/aromatic N) is 3. The van der Waals surface area contributed by atoms with Crippen molar-refractivity contribution >= 4 is 21.7 Å². The summed E-state index contributed by atoms with van der Waals surface area (Å²) in [5.41, 5.74) is 7.52. The maximum Gasteiger partial charge on any atom is 0.147 e. The van der Waals surface area contributed by atoms with Crippen LogP contribution < -0.4 is 10.6 Å². The van der Waals surface area contributed by atoms with Crippen molar-refractivity contribution in [1.29, 1.82) is 0 Å². The molecule has 0 saturated carbocycles. The number of rotatable bonds is 4. The van der Waals surface area contributed by atoms with Gasteiger partial charge in [-0.05, 0) is 17.7 Å². The lowest BCUT2D eigenvalue weighted by Crippen LogP contribution is -2.18. The molecule has 0 aliphatic carbocycles. The first-order valence-corrected chi connectivity index (χ1v) is 6.45. The van der Waals surface area contributed by atoms with Crippen LogP contribution in [0, 0.1) is 0 Å². The van der Waals surface area contributed by atoms with E-state index < -0.39 is 0 Å². The van der Waals surface area contributed by atoms with Crippen molar-refractivity contribution in [3.05, 3.63) is 52.4 Å². The van der Waals surface area contributed by atoms with Crippen LogP contribution in [-0.2, 0) is 13.1 Å². The van der Waals surface area contributed by atoms with Gasteiger partial charge in [0.1, 0.15) is 5.82 Å². The Hall–Kier alpha value is -1.46. The molecule has 0 saturated heterocycles. The zero-order chi connectivity index (χ0) is 13.0. The molecule has 2 rings (SSSR count). The molecule has 0 spiro atoms. The monoisotopic (exact) mass is 306 g/mol. The molecule has 0 atom stereocenters. The van der Waals surface area contributed by atoms with Crippen molar-refractivity contribution in [3.63, 3.8) is 0 Å². The highest BCUT2D eigenvalue weighted by Crippen LogP contribution is 2.14. The molecule has 2 aromatic rings. The third-order valence-electron chi connectivity index (χ3n) is 2.62. The molecule has 0 unspecified atom stereocenters. The predicted octanol–water partition coefficient (Wildman–Crippen LogP) is 2.33. The second kappa shape index (κ2) is 5.93. The van der Waals surface area contributed by atoms with E-state index in [9.17, 15) is 0 Å². The predicted molar refractivity (Wildman–Crippen MR) is 76.2 cm³/mol. The van der Waals surface area contributed by atoms with E-state index in [1.54, 1.807) is 12.4 Å². The van der Waals surface area contributed by atoms with Crippen LogP contribution in [0.25, 0.3) is 0 Å². The summed E-state index contributed by atoms with van der Waals surface area (Å²) in [6.45, 7) is 1.22. The van der Waals surface area contributed by atoms with Crippen molar-refractivity contribution in [1.82, 2.24) is 9.97 Å². The number of hydrogen-bond donors (Lipinski definition) is 1. The molecule has 18 heavy (non-hydrogen) atoms. The van der Waals surface area contributed by atoms with Gasteiger partial charge in [-0.25, -0.2) is 4.98 Å². The number of aromatic nitrogens is 2. The minimum Gasteiger partial charge on any atom is -0.354 e. The molecule has 0 bridgehead atoms. The highest BCUT2D eigenvalue weighted by molar-refractivity contribution is 9.10. The Balaban J connectivity index is 2.06. The fraction of sp³-hybridized carbons (Fsp3) is 0.231. The number of halogens is 1. The van der Waals surface area contributed by atoms with Crippen LogP contribution in [0.1, 0.15) is 11.3 Å². The van der Waals surface area contributed by atoms with E-state index >= 15 is 0 Å². The van der Waals surface area contributed by atoms with Crippen molar-refractivity contribution in [2.75, 3.05) is 11.9 Å². The van der Waals surface area contributed by atoms with Crippen molar-refractivity contribution < 1.29 is 0 Å². The molecule has 1 heterocycles. The Morgan fingerprint density at radius 3 is 2.44 bits per heavy atom. The molecule has 4 nitrogen and oxygen atoms in total. The Morgan fingerprint density at radius 2 is 1.89 bits per heavy atom. The molecule has 1 aromatic carbocycles. The summed E-state index contributed by atoms with van der Waals surface area (Å²) in [5, 5.41) is 0. The largest absolute Gasteiger partial charge is 0.354 e. The maximum atomic E-state index is 5.49. The zero-order valence-electron chi connectivity index (χ0n) is 10.2. The fourth-order valence-corrected chi connectivity index (χ4v) is 1.86. The van der Waals surface area contributed by atoms with Crippen LogP contribution in [0.2, 0.25) is 0 Å². The normalized spacial score (nSPS) is 10.4. The third-order valence-corrected chi connectivity index (χ3v) is 3.15. The molecule has 0 amide bonds. The average Bonchev–Trinajstić information content (AvgIpc) is 2.41. The quantitative estimate of drug-likeness (QED) is 0.942. The van der Waals surface area contributed by atoms with Crippen molar-refractivity contribution in [2.24, 2.45) is 5.73 Å². The van der Waals surface area contributed by atoms with Crippen molar-refractivity contribution in [2.45, 2.75) is 13.1 Å². The standard InChI is InChI=1S/C13H15BrN4/c1-18(9-10-2-4-11(14)5-3-10)13-8-16-12(6-15)7-17-13/h2-5,7-8H,6,9,15H2,1H3. The van der Waals surface area contributed by atoms with E-state index in [0.717, 1.165) is 22.5 Å². The SMILES string of the molecule is CN(Cc1ccc(Br)cc1)c1cnc(CN)cn1. The lowest BCUT2D eigenvalue weighted by molar-refractivity contribution is 0.873. The average molecular weight is 307 g/mol. The van der Waals surface area contributed by atoms with Crippen LogP contribution in [0.4, 0.5) is 5.82 Å². The molecule has 0 radical (unpaired) electrons. The first-order valence-electron chi connectivity index (χ1n) is 5.65. The summed E-state index contributed by atoms with van der Waals surface area (Å²) in [4.78, 5) is 10.6. The minimum absolute atomic E-state index is 0.420. The molecule has 0 aliphatic heterocycles. The highest BCUT2D eigenvalue weighted by atomic mass is 79.9. The van der Waals surface area contributed by atoms with Gasteiger partial charge >= 0.3 is 0 Å². The van der Waals surface area contributed by atoms with E-state index in [0.29, 0.717) is 6.54 Å². The topological polar surface area (TPSA) is 55.0 Å². The van der Waals surface area contributed by atoms with Crippen molar-refractivity contribution in [3.8, 4) is 0 Å². The Morgan fingerprint density at radius 1 is 1.17 bits per heavy atom.